The number of aryl methyl sites for hydroxylation is 2. The molecule has 1 fully saturated rings. The molecule has 0 bridgehead atoms. The van der Waals surface area contributed by atoms with Crippen LogP contribution in [0.1, 0.15) is 34.5 Å². The lowest BCUT2D eigenvalue weighted by molar-refractivity contribution is 0.0836. The highest BCUT2D eigenvalue weighted by molar-refractivity contribution is 5.99. The molecule has 106 valence electrons. The SMILES string of the molecule is Cc1ccc2oc(C(=O)NC[C@H]3CCCO3)c(C)c2c1. The summed E-state index contributed by atoms with van der Waals surface area (Å²) in [7, 11) is 0. The summed E-state index contributed by atoms with van der Waals surface area (Å²) in [6.07, 6.45) is 2.23. The number of benzene rings is 1. The van der Waals surface area contributed by atoms with E-state index in [1.807, 2.05) is 32.0 Å². The maximum absolute atomic E-state index is 12.2. The molecule has 1 aliphatic heterocycles. The molecule has 0 unspecified atom stereocenters. The summed E-state index contributed by atoms with van der Waals surface area (Å²) in [4.78, 5) is 12.2. The Morgan fingerprint density at radius 1 is 1.40 bits per heavy atom. The molecule has 1 atom stereocenters. The fourth-order valence-electron chi connectivity index (χ4n) is 2.64. The van der Waals surface area contributed by atoms with Crippen LogP contribution in [0.5, 0.6) is 0 Å². The molecule has 1 amide bonds. The van der Waals surface area contributed by atoms with E-state index in [1.54, 1.807) is 0 Å². The van der Waals surface area contributed by atoms with Crippen LogP contribution in [-0.2, 0) is 4.74 Å². The second-order valence-electron chi connectivity index (χ2n) is 5.40. The molecule has 1 aromatic heterocycles. The van der Waals surface area contributed by atoms with Gasteiger partial charge in [-0.25, -0.2) is 0 Å². The second kappa shape index (κ2) is 5.29. The summed E-state index contributed by atoms with van der Waals surface area (Å²) in [5.74, 6) is 0.246. The maximum Gasteiger partial charge on any atom is 0.287 e. The zero-order valence-corrected chi connectivity index (χ0v) is 11.9. The van der Waals surface area contributed by atoms with E-state index in [-0.39, 0.29) is 12.0 Å². The third kappa shape index (κ3) is 2.43. The Morgan fingerprint density at radius 3 is 3.00 bits per heavy atom. The smallest absolute Gasteiger partial charge is 0.287 e. The van der Waals surface area contributed by atoms with Gasteiger partial charge in [0, 0.05) is 24.1 Å². The average Bonchev–Trinajstić information content (AvgIpc) is 3.05. The van der Waals surface area contributed by atoms with Gasteiger partial charge in [-0.1, -0.05) is 11.6 Å². The van der Waals surface area contributed by atoms with Gasteiger partial charge in [0.2, 0.25) is 0 Å². The largest absolute Gasteiger partial charge is 0.451 e. The monoisotopic (exact) mass is 273 g/mol. The van der Waals surface area contributed by atoms with Crippen LogP contribution in [0.2, 0.25) is 0 Å². The highest BCUT2D eigenvalue weighted by Gasteiger charge is 2.20. The number of hydrogen-bond donors (Lipinski definition) is 1. The lowest BCUT2D eigenvalue weighted by Crippen LogP contribution is -2.31. The molecule has 3 rings (SSSR count). The number of fused-ring (bicyclic) bond motifs is 1. The van der Waals surface area contributed by atoms with E-state index in [1.165, 1.54) is 0 Å². The molecule has 0 aliphatic carbocycles. The van der Waals surface area contributed by atoms with Crippen molar-refractivity contribution in [2.24, 2.45) is 0 Å². The van der Waals surface area contributed by atoms with Gasteiger partial charge in [-0.2, -0.15) is 0 Å². The van der Waals surface area contributed by atoms with Crippen LogP contribution in [0.4, 0.5) is 0 Å². The van der Waals surface area contributed by atoms with E-state index in [0.29, 0.717) is 12.3 Å². The average molecular weight is 273 g/mol. The van der Waals surface area contributed by atoms with Gasteiger partial charge in [0.15, 0.2) is 5.76 Å². The van der Waals surface area contributed by atoms with Crippen LogP contribution >= 0.6 is 0 Å². The lowest BCUT2D eigenvalue weighted by Gasteiger charge is -2.09. The summed E-state index contributed by atoms with van der Waals surface area (Å²) >= 11 is 0. The van der Waals surface area contributed by atoms with Crippen molar-refractivity contribution in [3.63, 3.8) is 0 Å². The number of carbonyl (C=O) groups is 1. The zero-order valence-electron chi connectivity index (χ0n) is 11.9. The summed E-state index contributed by atoms with van der Waals surface area (Å²) in [5, 5.41) is 3.91. The Kier molecular flexibility index (Phi) is 3.49. The Labute approximate surface area is 118 Å². The standard InChI is InChI=1S/C16H19NO3/c1-10-5-6-14-13(8-10)11(2)15(20-14)16(18)17-9-12-4-3-7-19-12/h5-6,8,12H,3-4,7,9H2,1-2H3,(H,17,18)/t12-/m1/s1. The zero-order chi connectivity index (χ0) is 14.1. The van der Waals surface area contributed by atoms with Gasteiger partial charge >= 0.3 is 0 Å². The first kappa shape index (κ1) is 13.2. The minimum absolute atomic E-state index is 0.144. The van der Waals surface area contributed by atoms with Gasteiger partial charge in [-0.05, 0) is 38.8 Å². The van der Waals surface area contributed by atoms with Crippen LogP contribution in [0.25, 0.3) is 11.0 Å². The van der Waals surface area contributed by atoms with Crippen LogP contribution < -0.4 is 5.32 Å². The molecule has 0 radical (unpaired) electrons. The number of furan rings is 1. The number of nitrogens with one attached hydrogen (secondary N) is 1. The molecule has 2 aromatic rings. The third-order valence-corrected chi connectivity index (χ3v) is 3.81. The van der Waals surface area contributed by atoms with Crippen molar-refractivity contribution in [2.75, 3.05) is 13.2 Å². The van der Waals surface area contributed by atoms with Crippen molar-refractivity contribution in [2.45, 2.75) is 32.8 Å². The molecular weight excluding hydrogens is 254 g/mol. The number of rotatable bonds is 3. The minimum atomic E-state index is -0.160. The summed E-state index contributed by atoms with van der Waals surface area (Å²) in [6.45, 7) is 5.30. The van der Waals surface area contributed by atoms with E-state index >= 15 is 0 Å². The van der Waals surface area contributed by atoms with Crippen molar-refractivity contribution >= 4 is 16.9 Å². The first-order valence-electron chi connectivity index (χ1n) is 7.04. The summed E-state index contributed by atoms with van der Waals surface area (Å²) in [6, 6.07) is 5.94. The fraction of sp³-hybridized carbons (Fsp3) is 0.438. The summed E-state index contributed by atoms with van der Waals surface area (Å²) in [5.41, 5.74) is 2.82. The van der Waals surface area contributed by atoms with Gasteiger partial charge in [-0.15, -0.1) is 0 Å². The molecule has 4 heteroatoms. The third-order valence-electron chi connectivity index (χ3n) is 3.81. The molecule has 2 heterocycles. The molecule has 0 spiro atoms. The Morgan fingerprint density at radius 2 is 2.25 bits per heavy atom. The molecule has 1 aromatic carbocycles. The number of hydrogen-bond acceptors (Lipinski definition) is 3. The number of carbonyl (C=O) groups excluding carboxylic acids is 1. The predicted molar refractivity (Wildman–Crippen MR) is 77.0 cm³/mol. The van der Waals surface area contributed by atoms with Gasteiger partial charge in [-0.3, -0.25) is 4.79 Å². The highest BCUT2D eigenvalue weighted by atomic mass is 16.5. The van der Waals surface area contributed by atoms with Crippen LogP contribution in [-0.4, -0.2) is 25.2 Å². The van der Waals surface area contributed by atoms with E-state index in [4.69, 9.17) is 9.15 Å². The molecule has 1 aliphatic rings. The van der Waals surface area contributed by atoms with E-state index in [9.17, 15) is 4.79 Å². The fourth-order valence-corrected chi connectivity index (χ4v) is 2.64. The van der Waals surface area contributed by atoms with Crippen molar-refractivity contribution in [3.8, 4) is 0 Å². The normalized spacial score (nSPS) is 18.6. The van der Waals surface area contributed by atoms with Gasteiger partial charge < -0.3 is 14.5 Å². The van der Waals surface area contributed by atoms with Gasteiger partial charge in [0.25, 0.3) is 5.91 Å². The second-order valence-corrected chi connectivity index (χ2v) is 5.40. The Bertz CT molecular complexity index is 638. The molecular formula is C16H19NO3. The van der Waals surface area contributed by atoms with Crippen molar-refractivity contribution in [1.82, 2.24) is 5.32 Å². The molecule has 0 saturated carbocycles. The van der Waals surface area contributed by atoms with E-state index < -0.39 is 0 Å². The van der Waals surface area contributed by atoms with E-state index in [0.717, 1.165) is 41.5 Å². The quantitative estimate of drug-likeness (QED) is 0.935. The van der Waals surface area contributed by atoms with Crippen LogP contribution in [0, 0.1) is 13.8 Å². The van der Waals surface area contributed by atoms with Gasteiger partial charge in [0.05, 0.1) is 6.10 Å². The maximum atomic E-state index is 12.2. The molecule has 1 N–H and O–H groups in total. The lowest BCUT2D eigenvalue weighted by atomic mass is 10.1. The van der Waals surface area contributed by atoms with Crippen LogP contribution in [0.3, 0.4) is 0 Å². The van der Waals surface area contributed by atoms with Crippen molar-refractivity contribution < 1.29 is 13.9 Å². The topological polar surface area (TPSA) is 51.5 Å². The predicted octanol–water partition coefficient (Wildman–Crippen LogP) is 2.96. The molecule has 1 saturated heterocycles. The molecule has 20 heavy (non-hydrogen) atoms. The number of amides is 1. The summed E-state index contributed by atoms with van der Waals surface area (Å²) < 4.78 is 11.2. The highest BCUT2D eigenvalue weighted by Crippen LogP contribution is 2.26. The molecule has 4 nitrogen and oxygen atoms in total. The minimum Gasteiger partial charge on any atom is -0.451 e. The Hall–Kier alpha value is -1.81. The van der Waals surface area contributed by atoms with E-state index in [2.05, 4.69) is 5.32 Å². The Balaban J connectivity index is 1.78. The van der Waals surface area contributed by atoms with Crippen molar-refractivity contribution in [1.29, 1.82) is 0 Å². The first-order chi connectivity index (χ1) is 9.65. The van der Waals surface area contributed by atoms with Gasteiger partial charge in [0.1, 0.15) is 5.58 Å². The first-order valence-corrected chi connectivity index (χ1v) is 7.04. The van der Waals surface area contributed by atoms with Crippen molar-refractivity contribution in [3.05, 3.63) is 35.1 Å². The number of ether oxygens (including phenoxy) is 1. The van der Waals surface area contributed by atoms with Crippen LogP contribution in [0.15, 0.2) is 22.6 Å².